The number of ether oxygens (including phenoxy) is 1. The van der Waals surface area contributed by atoms with Crippen molar-refractivity contribution in [2.24, 2.45) is 0 Å². The molecule has 1 amide bonds. The van der Waals surface area contributed by atoms with Gasteiger partial charge in [-0.1, -0.05) is 0 Å². The summed E-state index contributed by atoms with van der Waals surface area (Å²) < 4.78 is 5.03. The number of aromatic nitrogens is 3. The van der Waals surface area contributed by atoms with Crippen molar-refractivity contribution >= 4 is 17.5 Å². The van der Waals surface area contributed by atoms with Crippen molar-refractivity contribution in [2.75, 3.05) is 18.2 Å². The normalized spacial score (nSPS) is 10.2. The molecule has 7 nitrogen and oxygen atoms in total. The van der Waals surface area contributed by atoms with Crippen LogP contribution in [0.5, 0.6) is 5.75 Å². The number of benzene rings is 1. The number of anilines is 2. The van der Waals surface area contributed by atoms with Gasteiger partial charge in [-0.2, -0.15) is 5.10 Å². The first kappa shape index (κ1) is 13.7. The van der Waals surface area contributed by atoms with E-state index < -0.39 is 5.91 Å². The Labute approximate surface area is 116 Å². The Kier molecular flexibility index (Phi) is 3.79. The molecule has 2 aromatic rings. The molecule has 0 aliphatic heterocycles. The van der Waals surface area contributed by atoms with Crippen LogP contribution in [-0.4, -0.2) is 28.2 Å². The van der Waals surface area contributed by atoms with Crippen molar-refractivity contribution in [3.63, 3.8) is 0 Å². The Morgan fingerprint density at radius 3 is 2.60 bits per heavy atom. The third kappa shape index (κ3) is 2.82. The standard InChI is InChI=1S/C13H15N5O2/c1-7-8(2)17-18-13(15-7)16-12(19)10-5-4-9(20-3)6-11(10)14/h4-6H,14H2,1-3H3,(H,15,16,18,19). The first-order valence-corrected chi connectivity index (χ1v) is 5.94. The largest absolute Gasteiger partial charge is 0.497 e. The van der Waals surface area contributed by atoms with E-state index in [-0.39, 0.29) is 5.95 Å². The molecule has 0 radical (unpaired) electrons. The van der Waals surface area contributed by atoms with Crippen LogP contribution in [0.15, 0.2) is 18.2 Å². The van der Waals surface area contributed by atoms with Crippen LogP contribution < -0.4 is 15.8 Å². The highest BCUT2D eigenvalue weighted by molar-refractivity contribution is 6.07. The molecular formula is C13H15N5O2. The van der Waals surface area contributed by atoms with Crippen molar-refractivity contribution in [3.05, 3.63) is 35.2 Å². The van der Waals surface area contributed by atoms with Gasteiger partial charge in [-0.05, 0) is 26.0 Å². The zero-order valence-corrected chi connectivity index (χ0v) is 11.5. The van der Waals surface area contributed by atoms with Crippen LogP contribution in [0.3, 0.4) is 0 Å². The molecule has 0 fully saturated rings. The molecule has 0 aliphatic rings. The van der Waals surface area contributed by atoms with Crippen molar-refractivity contribution < 1.29 is 9.53 Å². The maximum absolute atomic E-state index is 12.1. The number of carbonyl (C=O) groups excluding carboxylic acids is 1. The lowest BCUT2D eigenvalue weighted by Crippen LogP contribution is -2.17. The second kappa shape index (κ2) is 5.52. The van der Waals surface area contributed by atoms with Crippen molar-refractivity contribution in [1.82, 2.24) is 15.2 Å². The first-order chi connectivity index (χ1) is 9.51. The molecule has 1 aromatic heterocycles. The fourth-order valence-electron chi connectivity index (χ4n) is 1.55. The number of carbonyl (C=O) groups is 1. The van der Waals surface area contributed by atoms with Gasteiger partial charge in [0.2, 0.25) is 5.95 Å². The smallest absolute Gasteiger partial charge is 0.260 e. The van der Waals surface area contributed by atoms with Crippen LogP contribution in [-0.2, 0) is 0 Å². The monoisotopic (exact) mass is 273 g/mol. The summed E-state index contributed by atoms with van der Waals surface area (Å²) in [4.78, 5) is 16.2. The van der Waals surface area contributed by atoms with Crippen LogP contribution in [0, 0.1) is 13.8 Å². The fourth-order valence-corrected chi connectivity index (χ4v) is 1.55. The summed E-state index contributed by atoms with van der Waals surface area (Å²) in [5.74, 6) is 0.340. The average molecular weight is 273 g/mol. The Hall–Kier alpha value is -2.70. The van der Waals surface area contributed by atoms with Crippen molar-refractivity contribution in [3.8, 4) is 5.75 Å². The van der Waals surface area contributed by atoms with E-state index in [1.165, 1.54) is 7.11 Å². The van der Waals surface area contributed by atoms with Gasteiger partial charge in [0, 0.05) is 11.8 Å². The summed E-state index contributed by atoms with van der Waals surface area (Å²) in [6.45, 7) is 3.59. The molecule has 2 rings (SSSR count). The molecule has 0 unspecified atom stereocenters. The van der Waals surface area contributed by atoms with Crippen LogP contribution in [0.4, 0.5) is 11.6 Å². The number of nitrogens with two attached hydrogens (primary N) is 1. The summed E-state index contributed by atoms with van der Waals surface area (Å²) in [7, 11) is 1.53. The van der Waals surface area contributed by atoms with Gasteiger partial charge in [0.15, 0.2) is 0 Å². The third-order valence-corrected chi connectivity index (χ3v) is 2.82. The van der Waals surface area contributed by atoms with E-state index in [0.717, 1.165) is 0 Å². The lowest BCUT2D eigenvalue weighted by Gasteiger charge is -2.08. The molecule has 3 N–H and O–H groups in total. The van der Waals surface area contributed by atoms with E-state index in [0.29, 0.717) is 28.4 Å². The fraction of sp³-hybridized carbons (Fsp3) is 0.231. The van der Waals surface area contributed by atoms with Crippen molar-refractivity contribution in [2.45, 2.75) is 13.8 Å². The van der Waals surface area contributed by atoms with Gasteiger partial charge < -0.3 is 10.5 Å². The quantitative estimate of drug-likeness (QED) is 0.818. The van der Waals surface area contributed by atoms with Gasteiger partial charge in [0.05, 0.1) is 24.1 Å². The topological polar surface area (TPSA) is 103 Å². The van der Waals surface area contributed by atoms with E-state index in [2.05, 4.69) is 20.5 Å². The number of amides is 1. The molecule has 7 heteroatoms. The van der Waals surface area contributed by atoms with E-state index in [1.807, 2.05) is 0 Å². The maximum Gasteiger partial charge on any atom is 0.260 e. The predicted molar refractivity (Wildman–Crippen MR) is 74.7 cm³/mol. The number of methoxy groups -OCH3 is 1. The lowest BCUT2D eigenvalue weighted by atomic mass is 10.1. The Bertz CT molecular complexity index is 657. The highest BCUT2D eigenvalue weighted by atomic mass is 16.5. The highest BCUT2D eigenvalue weighted by Gasteiger charge is 2.12. The van der Waals surface area contributed by atoms with Gasteiger partial charge >= 0.3 is 0 Å². The molecule has 0 spiro atoms. The van der Waals surface area contributed by atoms with E-state index >= 15 is 0 Å². The number of hydrogen-bond donors (Lipinski definition) is 2. The first-order valence-electron chi connectivity index (χ1n) is 5.94. The zero-order valence-electron chi connectivity index (χ0n) is 11.5. The van der Waals surface area contributed by atoms with Crippen molar-refractivity contribution in [1.29, 1.82) is 0 Å². The summed E-state index contributed by atoms with van der Waals surface area (Å²) in [6.07, 6.45) is 0. The van der Waals surface area contributed by atoms with E-state index in [1.54, 1.807) is 32.0 Å². The zero-order chi connectivity index (χ0) is 14.7. The van der Waals surface area contributed by atoms with Crippen LogP contribution in [0.1, 0.15) is 21.7 Å². The molecule has 0 saturated heterocycles. The van der Waals surface area contributed by atoms with Gasteiger partial charge in [-0.25, -0.2) is 4.98 Å². The minimum atomic E-state index is -0.393. The molecule has 0 saturated carbocycles. The number of nitrogens with zero attached hydrogens (tertiary/aromatic N) is 3. The maximum atomic E-state index is 12.1. The molecule has 1 heterocycles. The number of aryl methyl sites for hydroxylation is 2. The molecular weight excluding hydrogens is 258 g/mol. The molecule has 1 aromatic carbocycles. The molecule has 104 valence electrons. The van der Waals surface area contributed by atoms with E-state index in [4.69, 9.17) is 10.5 Å². The second-order valence-corrected chi connectivity index (χ2v) is 4.21. The Morgan fingerprint density at radius 1 is 1.25 bits per heavy atom. The number of nitrogen functional groups attached to an aromatic ring is 1. The van der Waals surface area contributed by atoms with Gasteiger partial charge in [-0.15, -0.1) is 5.10 Å². The lowest BCUT2D eigenvalue weighted by molar-refractivity contribution is 0.102. The predicted octanol–water partition coefficient (Wildman–Crippen LogP) is 1.33. The summed E-state index contributed by atoms with van der Waals surface area (Å²) in [5.41, 5.74) is 7.87. The van der Waals surface area contributed by atoms with Gasteiger partial charge in [0.25, 0.3) is 5.91 Å². The number of rotatable bonds is 3. The molecule has 20 heavy (non-hydrogen) atoms. The summed E-state index contributed by atoms with van der Waals surface area (Å²) in [6, 6.07) is 4.82. The van der Waals surface area contributed by atoms with Gasteiger partial charge in [-0.3, -0.25) is 10.1 Å². The van der Waals surface area contributed by atoms with Crippen LogP contribution in [0.25, 0.3) is 0 Å². The van der Waals surface area contributed by atoms with Crippen LogP contribution in [0.2, 0.25) is 0 Å². The Morgan fingerprint density at radius 2 is 2.00 bits per heavy atom. The minimum Gasteiger partial charge on any atom is -0.497 e. The minimum absolute atomic E-state index is 0.147. The van der Waals surface area contributed by atoms with E-state index in [9.17, 15) is 4.79 Å². The summed E-state index contributed by atoms with van der Waals surface area (Å²) >= 11 is 0. The number of nitrogens with one attached hydrogen (secondary N) is 1. The molecule has 0 atom stereocenters. The van der Waals surface area contributed by atoms with Crippen LogP contribution >= 0.6 is 0 Å². The average Bonchev–Trinajstić information content (AvgIpc) is 2.42. The Balaban J connectivity index is 2.21. The molecule has 0 aliphatic carbocycles. The third-order valence-electron chi connectivity index (χ3n) is 2.82. The second-order valence-electron chi connectivity index (χ2n) is 4.21. The van der Waals surface area contributed by atoms with Gasteiger partial charge in [0.1, 0.15) is 5.75 Å². The summed E-state index contributed by atoms with van der Waals surface area (Å²) in [5, 5.41) is 10.3. The highest BCUT2D eigenvalue weighted by Crippen LogP contribution is 2.20. The molecule has 0 bridgehead atoms. The number of hydrogen-bond acceptors (Lipinski definition) is 6. The SMILES string of the molecule is COc1ccc(C(=O)Nc2nnc(C)c(C)n2)c(N)c1.